The highest BCUT2D eigenvalue weighted by Gasteiger charge is 2.34. The number of hydrogen-bond donors (Lipinski definition) is 2. The zero-order chi connectivity index (χ0) is 17.6. The third-order valence-electron chi connectivity index (χ3n) is 4.03. The second-order valence-corrected chi connectivity index (χ2v) is 6.59. The number of rotatable bonds is 2. The normalized spacial score (nSPS) is 12.6. The summed E-state index contributed by atoms with van der Waals surface area (Å²) in [5, 5.41) is 11.1. The first-order chi connectivity index (χ1) is 12.1. The van der Waals surface area contributed by atoms with Crippen molar-refractivity contribution in [1.29, 1.82) is 0 Å². The Kier molecular flexibility index (Phi) is 3.54. The number of nitrogens with two attached hydrogens (primary N) is 1. The summed E-state index contributed by atoms with van der Waals surface area (Å²) in [5.74, 6) is -1.01. The molecule has 1 heterocycles. The number of nitrogens with zero attached hydrogens (tertiary/aromatic N) is 1. The van der Waals surface area contributed by atoms with Crippen molar-refractivity contribution in [2.24, 2.45) is 0 Å². The van der Waals surface area contributed by atoms with Gasteiger partial charge in [-0.05, 0) is 18.2 Å². The zero-order valence-corrected chi connectivity index (χ0v) is 13.7. The molecule has 3 N–H and O–H groups in total. The summed E-state index contributed by atoms with van der Waals surface area (Å²) < 4.78 is 0. The molecule has 1 aromatic heterocycles. The lowest BCUT2D eigenvalue weighted by atomic mass is 9.83. The van der Waals surface area contributed by atoms with Crippen LogP contribution in [-0.4, -0.2) is 21.7 Å². The van der Waals surface area contributed by atoms with Crippen LogP contribution in [0.1, 0.15) is 31.8 Å². The van der Waals surface area contributed by atoms with Gasteiger partial charge in [0.2, 0.25) is 0 Å². The molecule has 6 heteroatoms. The fourth-order valence-electron chi connectivity index (χ4n) is 2.88. The van der Waals surface area contributed by atoms with Gasteiger partial charge < -0.3 is 10.8 Å². The molecule has 1 aliphatic rings. The van der Waals surface area contributed by atoms with E-state index in [1.165, 1.54) is 17.8 Å². The number of ketones is 2. The van der Waals surface area contributed by atoms with E-state index in [2.05, 4.69) is 4.98 Å². The minimum absolute atomic E-state index is 0.0356. The highest BCUT2D eigenvalue weighted by Crippen LogP contribution is 2.42. The summed E-state index contributed by atoms with van der Waals surface area (Å²) in [7, 11) is 0. The van der Waals surface area contributed by atoms with Crippen molar-refractivity contribution in [3.63, 3.8) is 0 Å². The van der Waals surface area contributed by atoms with Gasteiger partial charge in [0.25, 0.3) is 0 Å². The Bertz CT molecular complexity index is 1030. The largest absolute Gasteiger partial charge is 0.507 e. The molecule has 0 aliphatic heterocycles. The van der Waals surface area contributed by atoms with Gasteiger partial charge in [-0.1, -0.05) is 42.1 Å². The standard InChI is InChI=1S/C19H12N2O3S/c20-17-13(25-14-7-3-4-8-21-14)9-12(22)15-16(17)19(24)11-6-2-1-5-10(11)18(15)23/h1-9,22H,20H2. The molecule has 122 valence electrons. The average molecular weight is 348 g/mol. The van der Waals surface area contributed by atoms with Crippen molar-refractivity contribution >= 4 is 29.0 Å². The third-order valence-corrected chi connectivity index (χ3v) is 5.04. The summed E-state index contributed by atoms with van der Waals surface area (Å²) in [5.41, 5.74) is 6.97. The molecule has 25 heavy (non-hydrogen) atoms. The maximum absolute atomic E-state index is 12.9. The molecule has 0 saturated carbocycles. The van der Waals surface area contributed by atoms with E-state index in [4.69, 9.17) is 5.73 Å². The zero-order valence-electron chi connectivity index (χ0n) is 12.9. The van der Waals surface area contributed by atoms with Crippen LogP contribution >= 0.6 is 11.8 Å². The number of anilines is 1. The van der Waals surface area contributed by atoms with Crippen LogP contribution in [0.4, 0.5) is 5.69 Å². The highest BCUT2D eigenvalue weighted by atomic mass is 32.2. The Hall–Kier alpha value is -3.12. The van der Waals surface area contributed by atoms with Crippen LogP contribution in [0.5, 0.6) is 5.75 Å². The van der Waals surface area contributed by atoms with Crippen molar-refractivity contribution in [2.75, 3.05) is 5.73 Å². The number of nitrogen functional groups attached to an aromatic ring is 1. The average Bonchev–Trinajstić information content (AvgIpc) is 2.63. The Morgan fingerprint density at radius 2 is 1.56 bits per heavy atom. The van der Waals surface area contributed by atoms with Crippen molar-refractivity contribution in [2.45, 2.75) is 9.92 Å². The van der Waals surface area contributed by atoms with Gasteiger partial charge in [0.05, 0.1) is 16.8 Å². The number of phenolic OH excluding ortho intramolecular Hbond substituents is 1. The van der Waals surface area contributed by atoms with Gasteiger partial charge >= 0.3 is 0 Å². The van der Waals surface area contributed by atoms with Crippen LogP contribution in [0.3, 0.4) is 0 Å². The minimum atomic E-state index is -0.399. The van der Waals surface area contributed by atoms with Crippen molar-refractivity contribution in [3.05, 3.63) is 77.0 Å². The van der Waals surface area contributed by atoms with E-state index in [1.807, 2.05) is 6.07 Å². The number of aromatic nitrogens is 1. The lowest BCUT2D eigenvalue weighted by Crippen LogP contribution is -2.22. The summed E-state index contributed by atoms with van der Waals surface area (Å²) in [6.07, 6.45) is 1.64. The molecular formula is C19H12N2O3S. The van der Waals surface area contributed by atoms with E-state index in [-0.39, 0.29) is 33.9 Å². The monoisotopic (exact) mass is 348 g/mol. The van der Waals surface area contributed by atoms with Gasteiger partial charge in [0.15, 0.2) is 11.6 Å². The van der Waals surface area contributed by atoms with Gasteiger partial charge in [-0.2, -0.15) is 0 Å². The summed E-state index contributed by atoms with van der Waals surface area (Å²) in [6, 6.07) is 13.4. The van der Waals surface area contributed by atoms with Crippen LogP contribution in [0.25, 0.3) is 0 Å². The second kappa shape index (κ2) is 5.75. The van der Waals surface area contributed by atoms with Crippen molar-refractivity contribution < 1.29 is 14.7 Å². The number of phenols is 1. The molecule has 2 aromatic carbocycles. The fraction of sp³-hybridized carbons (Fsp3) is 0. The van der Waals surface area contributed by atoms with Gasteiger partial charge in [-0.25, -0.2) is 4.98 Å². The first-order valence-electron chi connectivity index (χ1n) is 7.50. The molecule has 1 aliphatic carbocycles. The molecule has 0 radical (unpaired) electrons. The van der Waals surface area contributed by atoms with Crippen LogP contribution in [0.2, 0.25) is 0 Å². The summed E-state index contributed by atoms with van der Waals surface area (Å²) in [4.78, 5) is 30.3. The van der Waals surface area contributed by atoms with E-state index < -0.39 is 5.78 Å². The molecule has 0 amide bonds. The quantitative estimate of drug-likeness (QED) is 0.426. The number of fused-ring (bicyclic) bond motifs is 2. The van der Waals surface area contributed by atoms with Crippen LogP contribution < -0.4 is 5.73 Å². The van der Waals surface area contributed by atoms with Crippen LogP contribution in [-0.2, 0) is 0 Å². The van der Waals surface area contributed by atoms with Crippen LogP contribution in [0, 0.1) is 0 Å². The van der Waals surface area contributed by atoms with Crippen LogP contribution in [0.15, 0.2) is 64.6 Å². The SMILES string of the molecule is Nc1c(Sc2ccccn2)cc(O)c2c1C(=O)c1ccccc1C2=O. The Morgan fingerprint density at radius 3 is 2.20 bits per heavy atom. The first-order valence-corrected chi connectivity index (χ1v) is 8.32. The first kappa shape index (κ1) is 15.4. The molecule has 0 bridgehead atoms. The maximum atomic E-state index is 12.9. The minimum Gasteiger partial charge on any atom is -0.507 e. The van der Waals surface area contributed by atoms with Crippen molar-refractivity contribution in [3.8, 4) is 5.75 Å². The molecular weight excluding hydrogens is 336 g/mol. The van der Waals surface area contributed by atoms with Gasteiger partial charge in [-0.3, -0.25) is 9.59 Å². The maximum Gasteiger partial charge on any atom is 0.198 e. The topological polar surface area (TPSA) is 93.3 Å². The van der Waals surface area contributed by atoms with E-state index in [0.717, 1.165) is 0 Å². The lowest BCUT2D eigenvalue weighted by Gasteiger charge is -2.21. The summed E-state index contributed by atoms with van der Waals surface area (Å²) in [6.45, 7) is 0. The highest BCUT2D eigenvalue weighted by molar-refractivity contribution is 7.99. The predicted octanol–water partition coefficient (Wildman–Crippen LogP) is 3.30. The molecule has 0 spiro atoms. The number of carbonyl (C=O) groups excluding carboxylic acids is 2. The Morgan fingerprint density at radius 1 is 0.920 bits per heavy atom. The van der Waals surface area contributed by atoms with Gasteiger partial charge in [0.1, 0.15) is 10.8 Å². The Balaban J connectivity index is 1.90. The molecule has 3 aromatic rings. The van der Waals surface area contributed by atoms with E-state index >= 15 is 0 Å². The molecule has 0 unspecified atom stereocenters. The number of hydrogen-bond acceptors (Lipinski definition) is 6. The smallest absolute Gasteiger partial charge is 0.198 e. The molecule has 5 nitrogen and oxygen atoms in total. The molecule has 0 atom stereocenters. The number of pyridine rings is 1. The van der Waals surface area contributed by atoms with E-state index in [0.29, 0.717) is 15.5 Å². The number of aromatic hydroxyl groups is 1. The fourth-order valence-corrected chi connectivity index (χ4v) is 3.75. The number of carbonyl (C=O) groups is 2. The lowest BCUT2D eigenvalue weighted by molar-refractivity contribution is 0.0977. The molecule has 0 saturated heterocycles. The van der Waals surface area contributed by atoms with Gasteiger partial charge in [-0.15, -0.1) is 0 Å². The number of benzene rings is 2. The predicted molar refractivity (Wildman–Crippen MR) is 94.2 cm³/mol. The van der Waals surface area contributed by atoms with E-state index in [9.17, 15) is 14.7 Å². The van der Waals surface area contributed by atoms with Gasteiger partial charge in [0, 0.05) is 22.2 Å². The third kappa shape index (κ3) is 2.38. The van der Waals surface area contributed by atoms with Crippen molar-refractivity contribution in [1.82, 2.24) is 4.98 Å². The molecule has 4 rings (SSSR count). The summed E-state index contributed by atoms with van der Waals surface area (Å²) >= 11 is 1.23. The Labute approximate surface area is 147 Å². The second-order valence-electron chi connectivity index (χ2n) is 5.53. The van der Waals surface area contributed by atoms with E-state index in [1.54, 1.807) is 42.6 Å². The molecule has 0 fully saturated rings.